The number of aromatic nitrogens is 1. The summed E-state index contributed by atoms with van der Waals surface area (Å²) >= 11 is 0. The molecule has 0 unspecified atom stereocenters. The second-order valence-electron chi connectivity index (χ2n) is 6.40. The summed E-state index contributed by atoms with van der Waals surface area (Å²) in [6.07, 6.45) is 0.613. The van der Waals surface area contributed by atoms with Gasteiger partial charge in [0.1, 0.15) is 17.2 Å². The van der Waals surface area contributed by atoms with Gasteiger partial charge >= 0.3 is 6.09 Å². The van der Waals surface area contributed by atoms with Crippen LogP contribution in [-0.2, 0) is 4.74 Å². The van der Waals surface area contributed by atoms with Gasteiger partial charge in [0.2, 0.25) is 0 Å². The fourth-order valence-electron chi connectivity index (χ4n) is 2.36. The SMILES string of the molecule is CN(C(=O)OC(C)(C)C)[C@H]1CCN(c2cccc(N)n2)C1. The molecule has 1 aliphatic rings. The Morgan fingerprint density at radius 2 is 2.19 bits per heavy atom. The average Bonchev–Trinajstić information content (AvgIpc) is 2.85. The van der Waals surface area contributed by atoms with Crippen LogP contribution in [0.2, 0.25) is 0 Å². The van der Waals surface area contributed by atoms with Crippen molar-refractivity contribution in [3.05, 3.63) is 18.2 Å². The molecular formula is C15H24N4O2. The maximum atomic E-state index is 12.1. The van der Waals surface area contributed by atoms with Gasteiger partial charge in [0.05, 0.1) is 6.04 Å². The predicted molar refractivity (Wildman–Crippen MR) is 83.3 cm³/mol. The first-order chi connectivity index (χ1) is 9.76. The number of pyridine rings is 1. The van der Waals surface area contributed by atoms with E-state index in [0.29, 0.717) is 5.82 Å². The first-order valence-corrected chi connectivity index (χ1v) is 7.19. The van der Waals surface area contributed by atoms with Crippen LogP contribution in [0.25, 0.3) is 0 Å². The second kappa shape index (κ2) is 5.79. The third-order valence-corrected chi connectivity index (χ3v) is 3.47. The lowest BCUT2D eigenvalue weighted by Gasteiger charge is -2.28. The van der Waals surface area contributed by atoms with Gasteiger partial charge in [-0.15, -0.1) is 0 Å². The first kappa shape index (κ1) is 15.4. The molecule has 21 heavy (non-hydrogen) atoms. The smallest absolute Gasteiger partial charge is 0.410 e. The molecule has 0 bridgehead atoms. The summed E-state index contributed by atoms with van der Waals surface area (Å²) < 4.78 is 5.40. The molecule has 0 aromatic carbocycles. The predicted octanol–water partition coefficient (Wildman–Crippen LogP) is 2.11. The molecule has 1 fully saturated rings. The molecule has 2 rings (SSSR count). The number of ether oxygens (including phenoxy) is 1. The van der Waals surface area contributed by atoms with Crippen molar-refractivity contribution < 1.29 is 9.53 Å². The number of hydrogen-bond donors (Lipinski definition) is 1. The molecule has 0 radical (unpaired) electrons. The van der Waals surface area contributed by atoms with E-state index >= 15 is 0 Å². The lowest BCUT2D eigenvalue weighted by molar-refractivity contribution is 0.0238. The summed E-state index contributed by atoms with van der Waals surface area (Å²) in [7, 11) is 1.79. The van der Waals surface area contributed by atoms with Gasteiger partial charge in [0.15, 0.2) is 0 Å². The van der Waals surface area contributed by atoms with E-state index in [0.717, 1.165) is 25.3 Å². The van der Waals surface area contributed by atoms with Crippen LogP contribution in [0.5, 0.6) is 0 Å². The Balaban J connectivity index is 1.97. The first-order valence-electron chi connectivity index (χ1n) is 7.19. The van der Waals surface area contributed by atoms with Gasteiger partial charge in [-0.05, 0) is 39.3 Å². The van der Waals surface area contributed by atoms with E-state index < -0.39 is 5.60 Å². The molecule has 1 amide bonds. The Hall–Kier alpha value is -1.98. The summed E-state index contributed by atoms with van der Waals surface area (Å²) in [6, 6.07) is 5.72. The molecule has 1 aliphatic heterocycles. The number of hydrogen-bond acceptors (Lipinski definition) is 5. The third-order valence-electron chi connectivity index (χ3n) is 3.47. The van der Waals surface area contributed by atoms with Gasteiger partial charge in [-0.2, -0.15) is 0 Å². The van der Waals surface area contributed by atoms with Crippen LogP contribution >= 0.6 is 0 Å². The Morgan fingerprint density at radius 1 is 1.48 bits per heavy atom. The van der Waals surface area contributed by atoms with Gasteiger partial charge < -0.3 is 20.3 Å². The molecule has 1 aromatic heterocycles. The standard InChI is InChI=1S/C15H24N4O2/c1-15(2,3)21-14(20)18(4)11-8-9-19(10-11)13-7-5-6-12(16)17-13/h5-7,11H,8-10H2,1-4H3,(H2,16,17)/t11-/m0/s1. The van der Waals surface area contributed by atoms with Gasteiger partial charge in [0.25, 0.3) is 0 Å². The zero-order valence-electron chi connectivity index (χ0n) is 13.2. The molecule has 6 heteroatoms. The number of rotatable bonds is 2. The van der Waals surface area contributed by atoms with Crippen molar-refractivity contribution >= 4 is 17.7 Å². The Morgan fingerprint density at radius 3 is 2.81 bits per heavy atom. The highest BCUT2D eigenvalue weighted by Crippen LogP contribution is 2.22. The highest BCUT2D eigenvalue weighted by molar-refractivity contribution is 5.68. The van der Waals surface area contributed by atoms with Crippen LogP contribution in [0.3, 0.4) is 0 Å². The lowest BCUT2D eigenvalue weighted by Crippen LogP contribution is -2.42. The molecule has 0 spiro atoms. The number of anilines is 2. The molecule has 1 saturated heterocycles. The van der Waals surface area contributed by atoms with Crippen LogP contribution in [0.15, 0.2) is 18.2 Å². The maximum absolute atomic E-state index is 12.1. The summed E-state index contributed by atoms with van der Waals surface area (Å²) in [6.45, 7) is 7.21. The van der Waals surface area contributed by atoms with Crippen LogP contribution in [0, 0.1) is 0 Å². The fraction of sp³-hybridized carbons (Fsp3) is 0.600. The van der Waals surface area contributed by atoms with Crippen molar-refractivity contribution in [1.29, 1.82) is 0 Å². The van der Waals surface area contributed by atoms with Crippen LogP contribution in [-0.4, -0.2) is 47.8 Å². The second-order valence-corrected chi connectivity index (χ2v) is 6.40. The van der Waals surface area contributed by atoms with Crippen molar-refractivity contribution in [3.8, 4) is 0 Å². The largest absolute Gasteiger partial charge is 0.444 e. The Labute approximate surface area is 125 Å². The third kappa shape index (κ3) is 4.00. The molecule has 116 valence electrons. The summed E-state index contributed by atoms with van der Waals surface area (Å²) in [5, 5.41) is 0. The van der Waals surface area contributed by atoms with Crippen LogP contribution in [0.4, 0.5) is 16.4 Å². The highest BCUT2D eigenvalue weighted by atomic mass is 16.6. The minimum absolute atomic E-state index is 0.128. The van der Waals surface area contributed by atoms with Crippen LogP contribution in [0.1, 0.15) is 27.2 Å². The van der Waals surface area contributed by atoms with Crippen molar-refractivity contribution in [2.45, 2.75) is 38.8 Å². The van der Waals surface area contributed by atoms with E-state index in [1.807, 2.05) is 32.9 Å². The monoisotopic (exact) mass is 292 g/mol. The number of carbonyl (C=O) groups is 1. The maximum Gasteiger partial charge on any atom is 0.410 e. The summed E-state index contributed by atoms with van der Waals surface area (Å²) in [5.74, 6) is 1.37. The number of nitrogen functional groups attached to an aromatic ring is 1. The highest BCUT2D eigenvalue weighted by Gasteiger charge is 2.31. The number of likely N-dealkylation sites (N-methyl/N-ethyl adjacent to an activating group) is 1. The van der Waals surface area contributed by atoms with Crippen molar-refractivity contribution in [1.82, 2.24) is 9.88 Å². The van der Waals surface area contributed by atoms with E-state index in [1.165, 1.54) is 0 Å². The normalized spacial score (nSPS) is 18.7. The van der Waals surface area contributed by atoms with Crippen molar-refractivity contribution in [2.24, 2.45) is 0 Å². The minimum Gasteiger partial charge on any atom is -0.444 e. The number of carbonyl (C=O) groups excluding carboxylic acids is 1. The van der Waals surface area contributed by atoms with Crippen molar-refractivity contribution in [2.75, 3.05) is 30.8 Å². The summed E-state index contributed by atoms with van der Waals surface area (Å²) in [4.78, 5) is 20.2. The van der Waals surface area contributed by atoms with Gasteiger partial charge in [-0.1, -0.05) is 6.07 Å². The Kier molecular flexibility index (Phi) is 4.25. The van der Waals surface area contributed by atoms with E-state index in [4.69, 9.17) is 10.5 Å². The lowest BCUT2D eigenvalue weighted by atomic mass is 10.2. The van der Waals surface area contributed by atoms with Gasteiger partial charge in [0, 0.05) is 20.1 Å². The number of nitrogens with zero attached hydrogens (tertiary/aromatic N) is 3. The molecule has 0 aliphatic carbocycles. The van der Waals surface area contributed by atoms with E-state index in [9.17, 15) is 4.79 Å². The quantitative estimate of drug-likeness (QED) is 0.904. The number of amides is 1. The van der Waals surface area contributed by atoms with E-state index in [1.54, 1.807) is 18.0 Å². The molecule has 1 aromatic rings. The van der Waals surface area contributed by atoms with Gasteiger partial charge in [-0.3, -0.25) is 0 Å². The fourth-order valence-corrected chi connectivity index (χ4v) is 2.36. The molecular weight excluding hydrogens is 268 g/mol. The zero-order valence-corrected chi connectivity index (χ0v) is 13.2. The molecule has 6 nitrogen and oxygen atoms in total. The zero-order chi connectivity index (χ0) is 15.6. The molecule has 2 N–H and O–H groups in total. The van der Waals surface area contributed by atoms with E-state index in [2.05, 4.69) is 9.88 Å². The topological polar surface area (TPSA) is 71.7 Å². The van der Waals surface area contributed by atoms with E-state index in [-0.39, 0.29) is 12.1 Å². The number of nitrogens with two attached hydrogens (primary N) is 1. The van der Waals surface area contributed by atoms with Gasteiger partial charge in [-0.25, -0.2) is 9.78 Å². The molecule has 0 saturated carbocycles. The Bertz CT molecular complexity index is 513. The van der Waals surface area contributed by atoms with Crippen LogP contribution < -0.4 is 10.6 Å². The minimum atomic E-state index is -0.473. The molecule has 2 heterocycles. The van der Waals surface area contributed by atoms with Crippen molar-refractivity contribution in [3.63, 3.8) is 0 Å². The molecule has 1 atom stereocenters. The average molecular weight is 292 g/mol. The summed E-state index contributed by atoms with van der Waals surface area (Å²) in [5.41, 5.74) is 5.24.